The molecular weight excluding hydrogens is 200 g/mol. The lowest BCUT2D eigenvalue weighted by atomic mass is 10.3. The van der Waals surface area contributed by atoms with E-state index in [0.29, 0.717) is 5.56 Å². The van der Waals surface area contributed by atoms with E-state index in [2.05, 4.69) is 15.5 Å². The van der Waals surface area contributed by atoms with Gasteiger partial charge in [-0.25, -0.2) is 0 Å². The van der Waals surface area contributed by atoms with Crippen molar-refractivity contribution in [1.29, 1.82) is 0 Å². The third-order valence-corrected chi connectivity index (χ3v) is 1.87. The molecule has 0 aliphatic carbocycles. The van der Waals surface area contributed by atoms with Crippen molar-refractivity contribution in [2.24, 2.45) is 0 Å². The van der Waals surface area contributed by atoms with Crippen LogP contribution < -0.4 is 11.1 Å². The maximum atomic E-state index is 11.5. The van der Waals surface area contributed by atoms with Gasteiger partial charge in [-0.15, -0.1) is 0 Å². The van der Waals surface area contributed by atoms with Crippen molar-refractivity contribution in [3.63, 3.8) is 0 Å². The lowest BCUT2D eigenvalue weighted by Crippen LogP contribution is -2.34. The number of aromatic amines is 1. The first-order valence-corrected chi connectivity index (χ1v) is 4.31. The van der Waals surface area contributed by atoms with Crippen LogP contribution in [0.25, 0.3) is 0 Å². The van der Waals surface area contributed by atoms with Gasteiger partial charge in [0, 0.05) is 14.2 Å². The Labute approximate surface area is 86.9 Å². The third-order valence-electron chi connectivity index (χ3n) is 1.87. The molecule has 1 heterocycles. The monoisotopic (exact) mass is 214 g/mol. The van der Waals surface area contributed by atoms with Gasteiger partial charge in [0.15, 0.2) is 6.29 Å². The molecule has 7 nitrogen and oxygen atoms in total. The highest BCUT2D eigenvalue weighted by atomic mass is 16.7. The van der Waals surface area contributed by atoms with Crippen LogP contribution in [-0.4, -0.2) is 43.2 Å². The van der Waals surface area contributed by atoms with Gasteiger partial charge >= 0.3 is 0 Å². The van der Waals surface area contributed by atoms with Crippen molar-refractivity contribution in [3.8, 4) is 0 Å². The van der Waals surface area contributed by atoms with Crippen LogP contribution in [0.4, 0.5) is 5.82 Å². The predicted octanol–water partition coefficient (Wildman–Crippen LogP) is -0.659. The van der Waals surface area contributed by atoms with Crippen molar-refractivity contribution in [2.45, 2.75) is 6.29 Å². The first-order chi connectivity index (χ1) is 7.19. The molecule has 1 aromatic heterocycles. The van der Waals surface area contributed by atoms with Crippen LogP contribution in [0.1, 0.15) is 10.4 Å². The van der Waals surface area contributed by atoms with E-state index in [1.54, 1.807) is 0 Å². The van der Waals surface area contributed by atoms with Crippen molar-refractivity contribution in [2.75, 3.05) is 26.5 Å². The number of rotatable bonds is 5. The van der Waals surface area contributed by atoms with E-state index in [-0.39, 0.29) is 18.3 Å². The highest BCUT2D eigenvalue weighted by Gasteiger charge is 2.13. The van der Waals surface area contributed by atoms with Gasteiger partial charge in [-0.2, -0.15) is 5.10 Å². The molecule has 0 bridgehead atoms. The number of anilines is 1. The number of ether oxygens (including phenoxy) is 2. The summed E-state index contributed by atoms with van der Waals surface area (Å²) in [6.45, 7) is 0.246. The van der Waals surface area contributed by atoms with Crippen LogP contribution in [0.5, 0.6) is 0 Å². The van der Waals surface area contributed by atoms with Gasteiger partial charge in [0.05, 0.1) is 12.7 Å². The molecule has 0 aliphatic rings. The summed E-state index contributed by atoms with van der Waals surface area (Å²) in [5, 5.41) is 8.71. The van der Waals surface area contributed by atoms with Crippen molar-refractivity contribution >= 4 is 11.7 Å². The minimum absolute atomic E-state index is 0.235. The SMILES string of the molecule is COC(CNC(=O)c1cn[nH]c1N)OC. The van der Waals surface area contributed by atoms with E-state index in [4.69, 9.17) is 15.2 Å². The summed E-state index contributed by atoms with van der Waals surface area (Å²) in [6.07, 6.45) is 0.890. The minimum atomic E-state index is -0.470. The van der Waals surface area contributed by atoms with E-state index in [0.717, 1.165) is 0 Å². The number of nitrogens with two attached hydrogens (primary N) is 1. The molecule has 4 N–H and O–H groups in total. The Balaban J connectivity index is 2.47. The Morgan fingerprint density at radius 3 is 2.80 bits per heavy atom. The quantitative estimate of drug-likeness (QED) is 0.565. The summed E-state index contributed by atoms with van der Waals surface area (Å²) in [4.78, 5) is 11.5. The normalized spacial score (nSPS) is 10.6. The van der Waals surface area contributed by atoms with Crippen LogP contribution in [0, 0.1) is 0 Å². The molecule has 1 rings (SSSR count). The standard InChI is InChI=1S/C8H14N4O3/c1-14-6(15-2)4-10-8(13)5-3-11-12-7(5)9/h3,6H,4H2,1-2H3,(H,10,13)(H3,9,11,12). The predicted molar refractivity (Wildman–Crippen MR) is 53.1 cm³/mol. The maximum Gasteiger partial charge on any atom is 0.256 e. The average Bonchev–Trinajstić information content (AvgIpc) is 2.66. The molecule has 15 heavy (non-hydrogen) atoms. The molecule has 7 heteroatoms. The van der Waals surface area contributed by atoms with Crippen LogP contribution >= 0.6 is 0 Å². The Morgan fingerprint density at radius 2 is 2.33 bits per heavy atom. The molecular formula is C8H14N4O3. The first kappa shape index (κ1) is 11.5. The van der Waals surface area contributed by atoms with Crippen LogP contribution in [0.2, 0.25) is 0 Å². The summed E-state index contributed by atoms with van der Waals surface area (Å²) >= 11 is 0. The maximum absolute atomic E-state index is 11.5. The Hall–Kier alpha value is -1.60. The highest BCUT2D eigenvalue weighted by molar-refractivity contribution is 5.98. The van der Waals surface area contributed by atoms with Gasteiger partial charge in [0.25, 0.3) is 5.91 Å². The number of carbonyl (C=O) groups excluding carboxylic acids is 1. The molecule has 0 unspecified atom stereocenters. The Morgan fingerprint density at radius 1 is 1.67 bits per heavy atom. The summed E-state index contributed by atoms with van der Waals surface area (Å²) in [7, 11) is 2.99. The number of nitrogens with zero attached hydrogens (tertiary/aromatic N) is 1. The molecule has 0 radical (unpaired) electrons. The van der Waals surface area contributed by atoms with Crippen LogP contribution in [0.15, 0.2) is 6.20 Å². The molecule has 0 fully saturated rings. The van der Waals surface area contributed by atoms with E-state index in [1.807, 2.05) is 0 Å². The van der Waals surface area contributed by atoms with Gasteiger partial charge in [-0.3, -0.25) is 9.89 Å². The van der Waals surface area contributed by atoms with E-state index >= 15 is 0 Å². The fraction of sp³-hybridized carbons (Fsp3) is 0.500. The lowest BCUT2D eigenvalue weighted by molar-refractivity contribution is -0.0974. The zero-order valence-electron chi connectivity index (χ0n) is 8.61. The van der Waals surface area contributed by atoms with Crippen molar-refractivity contribution in [3.05, 3.63) is 11.8 Å². The molecule has 1 aromatic rings. The lowest BCUT2D eigenvalue weighted by Gasteiger charge is -2.13. The summed E-state index contributed by atoms with van der Waals surface area (Å²) in [5.74, 6) is -0.0840. The van der Waals surface area contributed by atoms with Gasteiger partial charge in [0.1, 0.15) is 11.4 Å². The number of hydrogen-bond donors (Lipinski definition) is 3. The first-order valence-electron chi connectivity index (χ1n) is 4.31. The molecule has 0 aromatic carbocycles. The van der Waals surface area contributed by atoms with Crippen LogP contribution in [0.3, 0.4) is 0 Å². The van der Waals surface area contributed by atoms with Crippen molar-refractivity contribution < 1.29 is 14.3 Å². The summed E-state index contributed by atoms with van der Waals surface area (Å²) in [5.41, 5.74) is 5.78. The second-order valence-corrected chi connectivity index (χ2v) is 2.81. The zero-order chi connectivity index (χ0) is 11.3. The number of hydrogen-bond acceptors (Lipinski definition) is 5. The second-order valence-electron chi connectivity index (χ2n) is 2.81. The van der Waals surface area contributed by atoms with Gasteiger partial charge in [0.2, 0.25) is 0 Å². The van der Waals surface area contributed by atoms with Crippen LogP contribution in [-0.2, 0) is 9.47 Å². The fourth-order valence-corrected chi connectivity index (χ4v) is 1.01. The highest BCUT2D eigenvalue weighted by Crippen LogP contribution is 2.05. The topological polar surface area (TPSA) is 102 Å². The molecule has 0 aliphatic heterocycles. The number of amides is 1. The molecule has 0 atom stereocenters. The number of nitrogens with one attached hydrogen (secondary N) is 2. The third kappa shape index (κ3) is 2.93. The molecule has 0 saturated carbocycles. The van der Waals surface area contributed by atoms with Gasteiger partial charge in [-0.1, -0.05) is 0 Å². The molecule has 1 amide bonds. The number of H-pyrrole nitrogens is 1. The number of nitrogen functional groups attached to an aromatic ring is 1. The summed E-state index contributed by atoms with van der Waals surface area (Å²) < 4.78 is 9.81. The van der Waals surface area contributed by atoms with Crippen molar-refractivity contribution in [1.82, 2.24) is 15.5 Å². The molecule has 0 spiro atoms. The minimum Gasteiger partial charge on any atom is -0.383 e. The van der Waals surface area contributed by atoms with Gasteiger partial charge < -0.3 is 20.5 Å². The largest absolute Gasteiger partial charge is 0.383 e. The molecule has 84 valence electrons. The van der Waals surface area contributed by atoms with E-state index in [1.165, 1.54) is 20.4 Å². The second kappa shape index (κ2) is 5.32. The zero-order valence-corrected chi connectivity index (χ0v) is 8.61. The number of methoxy groups -OCH3 is 2. The van der Waals surface area contributed by atoms with E-state index < -0.39 is 6.29 Å². The fourth-order valence-electron chi connectivity index (χ4n) is 1.01. The average molecular weight is 214 g/mol. The Bertz CT molecular complexity index is 321. The smallest absolute Gasteiger partial charge is 0.256 e. The van der Waals surface area contributed by atoms with E-state index in [9.17, 15) is 4.79 Å². The molecule has 0 saturated heterocycles. The van der Waals surface area contributed by atoms with Gasteiger partial charge in [-0.05, 0) is 0 Å². The Kier molecular flexibility index (Phi) is 4.07. The summed E-state index contributed by atoms with van der Waals surface area (Å²) in [6, 6.07) is 0. The number of aromatic nitrogens is 2. The number of carbonyl (C=O) groups is 1.